The molecule has 0 aromatic carbocycles. The number of hydrogen-bond donors (Lipinski definition) is 2. The van der Waals surface area contributed by atoms with Gasteiger partial charge in [-0.15, -0.1) is 0 Å². The molecule has 0 aliphatic heterocycles. The summed E-state index contributed by atoms with van der Waals surface area (Å²) in [6, 6.07) is 0. The van der Waals surface area contributed by atoms with Crippen LogP contribution in [0, 0.1) is 0 Å². The lowest BCUT2D eigenvalue weighted by atomic mass is 10.0. The highest BCUT2D eigenvalue weighted by molar-refractivity contribution is 4.81. The molecule has 0 bridgehead atoms. The number of rotatable bonds is 9. The van der Waals surface area contributed by atoms with Crippen molar-refractivity contribution in [3.63, 3.8) is 0 Å². The van der Waals surface area contributed by atoms with Crippen LogP contribution < -0.4 is 5.73 Å². The molecule has 0 rings (SSSR count). The predicted octanol–water partition coefficient (Wildman–Crippen LogP) is 1.60. The average Bonchev–Trinajstić information content (AvgIpc) is 2.22. The van der Waals surface area contributed by atoms with Crippen molar-refractivity contribution >= 4 is 0 Å². The smallest absolute Gasteiger partial charge is 0.0621 e. The summed E-state index contributed by atoms with van der Waals surface area (Å²) in [5, 5.41) is 9.14. The van der Waals surface area contributed by atoms with Gasteiger partial charge in [0.25, 0.3) is 0 Å². The second-order valence-electron chi connectivity index (χ2n) is 4.80. The highest BCUT2D eigenvalue weighted by atomic mass is 16.3. The van der Waals surface area contributed by atoms with Gasteiger partial charge in [0, 0.05) is 12.1 Å². The van der Waals surface area contributed by atoms with Crippen molar-refractivity contribution in [3.8, 4) is 0 Å². The van der Waals surface area contributed by atoms with Gasteiger partial charge in [0.15, 0.2) is 0 Å². The van der Waals surface area contributed by atoms with Crippen molar-refractivity contribution in [2.75, 3.05) is 26.2 Å². The average molecular weight is 216 g/mol. The number of aliphatic hydroxyl groups is 1. The Kier molecular flexibility index (Phi) is 8.02. The Balaban J connectivity index is 3.98. The van der Waals surface area contributed by atoms with Gasteiger partial charge in [0.05, 0.1) is 6.61 Å². The molecule has 0 aliphatic rings. The molecule has 1 atom stereocenters. The summed E-state index contributed by atoms with van der Waals surface area (Å²) in [7, 11) is 0. The van der Waals surface area contributed by atoms with E-state index in [2.05, 4.69) is 18.7 Å². The van der Waals surface area contributed by atoms with E-state index < -0.39 is 5.54 Å². The van der Waals surface area contributed by atoms with Crippen LogP contribution in [0.5, 0.6) is 0 Å². The van der Waals surface area contributed by atoms with E-state index in [1.165, 1.54) is 25.7 Å². The first-order valence-electron chi connectivity index (χ1n) is 6.17. The molecule has 1 unspecified atom stereocenters. The van der Waals surface area contributed by atoms with Crippen LogP contribution >= 0.6 is 0 Å². The Bertz CT molecular complexity index is 141. The molecule has 3 nitrogen and oxygen atoms in total. The molecule has 3 heteroatoms. The monoisotopic (exact) mass is 216 g/mol. The summed E-state index contributed by atoms with van der Waals surface area (Å²) in [4.78, 5) is 2.38. The number of hydrogen-bond acceptors (Lipinski definition) is 3. The van der Waals surface area contributed by atoms with E-state index in [1.54, 1.807) is 0 Å². The zero-order chi connectivity index (χ0) is 11.7. The van der Waals surface area contributed by atoms with Crippen LogP contribution in [0.1, 0.15) is 46.5 Å². The fourth-order valence-electron chi connectivity index (χ4n) is 1.59. The lowest BCUT2D eigenvalue weighted by Gasteiger charge is -2.31. The summed E-state index contributed by atoms with van der Waals surface area (Å²) < 4.78 is 0. The van der Waals surface area contributed by atoms with Crippen LogP contribution in [0.2, 0.25) is 0 Å². The van der Waals surface area contributed by atoms with Crippen molar-refractivity contribution in [1.82, 2.24) is 4.90 Å². The van der Waals surface area contributed by atoms with Gasteiger partial charge < -0.3 is 15.7 Å². The minimum absolute atomic E-state index is 0.0573. The molecule has 0 saturated carbocycles. The second kappa shape index (κ2) is 8.08. The predicted molar refractivity (Wildman–Crippen MR) is 65.9 cm³/mol. The highest BCUT2D eigenvalue weighted by Gasteiger charge is 2.20. The number of nitrogens with zero attached hydrogens (tertiary/aromatic N) is 1. The number of nitrogens with two attached hydrogens (primary N) is 1. The van der Waals surface area contributed by atoms with Crippen molar-refractivity contribution in [2.24, 2.45) is 5.73 Å². The van der Waals surface area contributed by atoms with E-state index in [9.17, 15) is 0 Å². The molecule has 92 valence electrons. The minimum Gasteiger partial charge on any atom is -0.394 e. The van der Waals surface area contributed by atoms with Gasteiger partial charge in [0.1, 0.15) is 0 Å². The molecule has 3 N–H and O–H groups in total. The Morgan fingerprint density at radius 2 is 1.60 bits per heavy atom. The maximum absolute atomic E-state index is 9.14. The third-order valence-electron chi connectivity index (χ3n) is 2.60. The van der Waals surface area contributed by atoms with E-state index in [0.717, 1.165) is 19.6 Å². The Morgan fingerprint density at radius 1 is 1.13 bits per heavy atom. The lowest BCUT2D eigenvalue weighted by molar-refractivity contribution is 0.145. The van der Waals surface area contributed by atoms with E-state index in [-0.39, 0.29) is 6.61 Å². The molecule has 0 aliphatic carbocycles. The Hall–Kier alpha value is -0.120. The topological polar surface area (TPSA) is 49.5 Å². The van der Waals surface area contributed by atoms with Crippen LogP contribution in [0.15, 0.2) is 0 Å². The van der Waals surface area contributed by atoms with Crippen LogP contribution in [0.4, 0.5) is 0 Å². The third-order valence-corrected chi connectivity index (χ3v) is 2.60. The summed E-state index contributed by atoms with van der Waals surface area (Å²) in [5.41, 5.74) is 5.51. The molecule has 0 saturated heterocycles. The molecule has 0 amide bonds. The van der Waals surface area contributed by atoms with E-state index in [4.69, 9.17) is 10.8 Å². The zero-order valence-corrected chi connectivity index (χ0v) is 10.6. The second-order valence-corrected chi connectivity index (χ2v) is 4.80. The van der Waals surface area contributed by atoms with Gasteiger partial charge in [-0.3, -0.25) is 0 Å². The van der Waals surface area contributed by atoms with Gasteiger partial charge in [-0.1, -0.05) is 26.7 Å². The zero-order valence-electron chi connectivity index (χ0n) is 10.6. The van der Waals surface area contributed by atoms with Crippen LogP contribution in [-0.2, 0) is 0 Å². The van der Waals surface area contributed by atoms with E-state index >= 15 is 0 Å². The fourth-order valence-corrected chi connectivity index (χ4v) is 1.59. The van der Waals surface area contributed by atoms with Gasteiger partial charge in [-0.05, 0) is 32.9 Å². The van der Waals surface area contributed by atoms with Crippen LogP contribution in [0.3, 0.4) is 0 Å². The number of aliphatic hydroxyl groups excluding tert-OH is 1. The molecular weight excluding hydrogens is 188 g/mol. The molecule has 0 fully saturated rings. The van der Waals surface area contributed by atoms with Crippen molar-refractivity contribution in [3.05, 3.63) is 0 Å². The normalized spacial score (nSPS) is 15.6. The lowest BCUT2D eigenvalue weighted by Crippen LogP contribution is -2.51. The maximum atomic E-state index is 9.14. The van der Waals surface area contributed by atoms with Gasteiger partial charge in [-0.2, -0.15) is 0 Å². The Morgan fingerprint density at radius 3 is 1.93 bits per heavy atom. The first kappa shape index (κ1) is 14.9. The fraction of sp³-hybridized carbons (Fsp3) is 1.00. The van der Waals surface area contributed by atoms with Gasteiger partial charge >= 0.3 is 0 Å². The minimum atomic E-state index is -0.457. The third kappa shape index (κ3) is 7.77. The van der Waals surface area contributed by atoms with Crippen molar-refractivity contribution in [2.45, 2.75) is 52.0 Å². The molecule has 15 heavy (non-hydrogen) atoms. The molecule has 0 aromatic rings. The van der Waals surface area contributed by atoms with Crippen LogP contribution in [0.25, 0.3) is 0 Å². The molecule has 0 aromatic heterocycles. The quantitative estimate of drug-likeness (QED) is 0.615. The molecule has 0 radical (unpaired) electrons. The van der Waals surface area contributed by atoms with Crippen molar-refractivity contribution in [1.29, 1.82) is 0 Å². The summed E-state index contributed by atoms with van der Waals surface area (Å²) in [6.45, 7) is 9.37. The molecule has 0 spiro atoms. The first-order valence-corrected chi connectivity index (χ1v) is 6.17. The molecule has 0 heterocycles. The standard InChI is InChI=1S/C12H28N2O/c1-4-6-8-14(9-7-5-2)10-12(3,13)11-15/h15H,4-11,13H2,1-3H3. The van der Waals surface area contributed by atoms with Crippen LogP contribution in [-0.4, -0.2) is 41.8 Å². The Labute approximate surface area is 94.6 Å². The maximum Gasteiger partial charge on any atom is 0.0621 e. The largest absolute Gasteiger partial charge is 0.394 e. The van der Waals surface area contributed by atoms with E-state index in [0.29, 0.717) is 0 Å². The first-order chi connectivity index (χ1) is 7.05. The summed E-state index contributed by atoms with van der Waals surface area (Å²) in [6.07, 6.45) is 4.85. The summed E-state index contributed by atoms with van der Waals surface area (Å²) in [5.74, 6) is 0. The highest BCUT2D eigenvalue weighted by Crippen LogP contribution is 2.05. The van der Waals surface area contributed by atoms with Gasteiger partial charge in [-0.25, -0.2) is 0 Å². The number of unbranched alkanes of at least 4 members (excludes halogenated alkanes) is 2. The van der Waals surface area contributed by atoms with Crippen molar-refractivity contribution < 1.29 is 5.11 Å². The SMILES string of the molecule is CCCCN(CCCC)CC(C)(N)CO. The summed E-state index contributed by atoms with van der Waals surface area (Å²) >= 11 is 0. The molecular formula is C12H28N2O. The van der Waals surface area contributed by atoms with Gasteiger partial charge in [0.2, 0.25) is 0 Å². The van der Waals surface area contributed by atoms with E-state index in [1.807, 2.05) is 6.92 Å².